The Morgan fingerprint density at radius 3 is 2.32 bits per heavy atom. The summed E-state index contributed by atoms with van der Waals surface area (Å²) in [5, 5.41) is 4.40. The molecule has 37 heavy (non-hydrogen) atoms. The molecule has 2 aliphatic carbocycles. The number of hydrogen-bond acceptors (Lipinski definition) is 3. The van der Waals surface area contributed by atoms with Crippen molar-refractivity contribution in [1.29, 1.82) is 0 Å². The summed E-state index contributed by atoms with van der Waals surface area (Å²) >= 11 is 0. The largest absolute Gasteiger partial charge is 0.497 e. The number of methoxy groups -OCH3 is 1. The van der Waals surface area contributed by atoms with Crippen LogP contribution in [-0.4, -0.2) is 40.9 Å². The number of ether oxygens (including phenoxy) is 1. The minimum atomic E-state index is -0.659. The second kappa shape index (κ2) is 11.8. The molecule has 0 bridgehead atoms. The molecule has 2 N–H and O–H groups in total. The van der Waals surface area contributed by atoms with E-state index < -0.39 is 6.04 Å². The van der Waals surface area contributed by atoms with Crippen LogP contribution < -0.4 is 10.1 Å². The van der Waals surface area contributed by atoms with Crippen LogP contribution in [0.2, 0.25) is 0 Å². The van der Waals surface area contributed by atoms with Gasteiger partial charge in [0.1, 0.15) is 11.8 Å². The number of amides is 2. The molecule has 1 atom stereocenters. The molecule has 0 saturated heterocycles. The van der Waals surface area contributed by atoms with E-state index in [4.69, 9.17) is 4.74 Å². The lowest BCUT2D eigenvalue weighted by Crippen LogP contribution is -2.51. The Morgan fingerprint density at radius 1 is 0.946 bits per heavy atom. The van der Waals surface area contributed by atoms with Crippen LogP contribution in [0.5, 0.6) is 5.75 Å². The lowest BCUT2D eigenvalue weighted by atomic mass is 9.90. The smallest absolute Gasteiger partial charge is 0.247 e. The Balaban J connectivity index is 1.50. The van der Waals surface area contributed by atoms with Gasteiger partial charge in [-0.2, -0.15) is 0 Å². The Bertz CT molecular complexity index is 1190. The van der Waals surface area contributed by atoms with Gasteiger partial charge in [0.2, 0.25) is 11.8 Å². The van der Waals surface area contributed by atoms with E-state index in [1.54, 1.807) is 7.11 Å². The molecular weight excluding hydrogens is 462 g/mol. The second-order valence-corrected chi connectivity index (χ2v) is 10.6. The van der Waals surface area contributed by atoms with Crippen LogP contribution in [0.3, 0.4) is 0 Å². The summed E-state index contributed by atoms with van der Waals surface area (Å²) in [4.78, 5) is 33.5. The number of para-hydroxylation sites is 1. The van der Waals surface area contributed by atoms with Crippen molar-refractivity contribution in [1.82, 2.24) is 15.2 Å². The van der Waals surface area contributed by atoms with Crippen LogP contribution in [0.15, 0.2) is 54.7 Å². The summed E-state index contributed by atoms with van der Waals surface area (Å²) in [5.41, 5.74) is 2.84. The van der Waals surface area contributed by atoms with Crippen LogP contribution >= 0.6 is 0 Å². The summed E-state index contributed by atoms with van der Waals surface area (Å²) in [6.07, 6.45) is 13.0. The van der Waals surface area contributed by atoms with Gasteiger partial charge in [-0.1, -0.05) is 68.9 Å². The Kier molecular flexibility index (Phi) is 8.12. The van der Waals surface area contributed by atoms with Crippen LogP contribution in [-0.2, 0) is 16.0 Å². The first-order valence-corrected chi connectivity index (χ1v) is 13.9. The number of nitrogens with zero attached hydrogens (tertiary/aromatic N) is 1. The molecule has 6 heteroatoms. The number of hydrogen-bond donors (Lipinski definition) is 2. The van der Waals surface area contributed by atoms with Gasteiger partial charge in [0.15, 0.2) is 0 Å². The van der Waals surface area contributed by atoms with Crippen molar-refractivity contribution in [3.8, 4) is 5.75 Å². The third-order valence-electron chi connectivity index (χ3n) is 8.18. The highest BCUT2D eigenvalue weighted by Gasteiger charge is 2.37. The highest BCUT2D eigenvalue weighted by atomic mass is 16.5. The highest BCUT2D eigenvalue weighted by molar-refractivity contribution is 5.92. The highest BCUT2D eigenvalue weighted by Crippen LogP contribution is 2.33. The first kappa shape index (κ1) is 25.4. The molecule has 3 aromatic rings. The van der Waals surface area contributed by atoms with Gasteiger partial charge in [0, 0.05) is 29.2 Å². The van der Waals surface area contributed by atoms with E-state index in [0.717, 1.165) is 79.1 Å². The number of carbonyl (C=O) groups is 2. The van der Waals surface area contributed by atoms with Gasteiger partial charge in [-0.15, -0.1) is 0 Å². The quantitative estimate of drug-likeness (QED) is 0.393. The number of nitrogens with one attached hydrogen (secondary N) is 2. The van der Waals surface area contributed by atoms with Gasteiger partial charge in [-0.3, -0.25) is 9.59 Å². The summed E-state index contributed by atoms with van der Waals surface area (Å²) in [7, 11) is 1.64. The number of carbonyl (C=O) groups excluding carboxylic acids is 2. The maximum absolute atomic E-state index is 14.2. The molecule has 2 fully saturated rings. The summed E-state index contributed by atoms with van der Waals surface area (Å²) in [6, 6.07) is 15.3. The Hall–Kier alpha value is -3.28. The van der Waals surface area contributed by atoms with Gasteiger partial charge in [-0.25, -0.2) is 0 Å². The SMILES string of the molecule is COc1ccc(C(C(=O)NC2CCCCC2)N(C(=O)Cc2c[nH]c3ccccc23)C2CCCCC2)cc1. The van der Waals surface area contributed by atoms with Gasteiger partial charge in [0.25, 0.3) is 0 Å². The van der Waals surface area contributed by atoms with Gasteiger partial charge < -0.3 is 19.9 Å². The van der Waals surface area contributed by atoms with Crippen LogP contribution in [0.1, 0.15) is 81.4 Å². The molecule has 196 valence electrons. The predicted molar refractivity (Wildman–Crippen MR) is 146 cm³/mol. The third kappa shape index (κ3) is 5.84. The zero-order chi connectivity index (χ0) is 25.6. The van der Waals surface area contributed by atoms with Crippen molar-refractivity contribution in [2.45, 2.75) is 88.8 Å². The molecule has 0 spiro atoms. The van der Waals surface area contributed by atoms with Gasteiger partial charge in [0.05, 0.1) is 13.5 Å². The molecular formula is C31H39N3O3. The summed E-state index contributed by atoms with van der Waals surface area (Å²) in [5.74, 6) is 0.690. The minimum Gasteiger partial charge on any atom is -0.497 e. The number of benzene rings is 2. The zero-order valence-corrected chi connectivity index (χ0v) is 21.9. The van der Waals surface area contributed by atoms with Crippen molar-refractivity contribution in [2.24, 2.45) is 0 Å². The van der Waals surface area contributed by atoms with Crippen LogP contribution in [0, 0.1) is 0 Å². The van der Waals surface area contributed by atoms with Gasteiger partial charge >= 0.3 is 0 Å². The fourth-order valence-electron chi connectivity index (χ4n) is 6.20. The first-order valence-electron chi connectivity index (χ1n) is 13.9. The maximum atomic E-state index is 14.2. The Morgan fingerprint density at radius 2 is 1.62 bits per heavy atom. The van der Waals surface area contributed by atoms with E-state index in [1.807, 2.05) is 53.6 Å². The lowest BCUT2D eigenvalue weighted by Gasteiger charge is -2.40. The molecule has 1 aromatic heterocycles. The fourth-order valence-corrected chi connectivity index (χ4v) is 6.20. The molecule has 2 aromatic carbocycles. The predicted octanol–water partition coefficient (Wildman–Crippen LogP) is 6.07. The van der Waals surface area contributed by atoms with Crippen molar-refractivity contribution in [3.05, 3.63) is 65.9 Å². The van der Waals surface area contributed by atoms with E-state index in [9.17, 15) is 9.59 Å². The van der Waals surface area contributed by atoms with Crippen molar-refractivity contribution >= 4 is 22.7 Å². The standard InChI is InChI=1S/C31H39N3O3/c1-37-26-18-16-22(17-19-26)30(31(36)33-24-10-4-2-5-11-24)34(25-12-6-3-7-13-25)29(35)20-23-21-32-28-15-9-8-14-27(23)28/h8-9,14-19,21,24-25,30,32H,2-7,10-13,20H2,1H3,(H,33,36). The lowest BCUT2D eigenvalue weighted by molar-refractivity contribution is -0.144. The molecule has 5 rings (SSSR count). The van der Waals surface area contributed by atoms with E-state index in [2.05, 4.69) is 16.4 Å². The number of H-pyrrole nitrogens is 1. The van der Waals surface area contributed by atoms with E-state index >= 15 is 0 Å². The normalized spacial score (nSPS) is 17.9. The Labute approximate surface area is 219 Å². The second-order valence-electron chi connectivity index (χ2n) is 10.6. The summed E-state index contributed by atoms with van der Waals surface area (Å²) < 4.78 is 5.38. The van der Waals surface area contributed by atoms with Crippen LogP contribution in [0.4, 0.5) is 0 Å². The molecule has 0 radical (unpaired) electrons. The van der Waals surface area contributed by atoms with Crippen LogP contribution in [0.25, 0.3) is 10.9 Å². The van der Waals surface area contributed by atoms with Crippen molar-refractivity contribution in [2.75, 3.05) is 7.11 Å². The summed E-state index contributed by atoms with van der Waals surface area (Å²) in [6.45, 7) is 0. The van der Waals surface area contributed by atoms with E-state index in [-0.39, 0.29) is 30.3 Å². The van der Waals surface area contributed by atoms with Crippen molar-refractivity contribution < 1.29 is 14.3 Å². The molecule has 2 saturated carbocycles. The molecule has 0 aliphatic heterocycles. The third-order valence-corrected chi connectivity index (χ3v) is 8.18. The number of fused-ring (bicyclic) bond motifs is 1. The molecule has 6 nitrogen and oxygen atoms in total. The fraction of sp³-hybridized carbons (Fsp3) is 0.484. The number of aromatic nitrogens is 1. The van der Waals surface area contributed by atoms with Crippen molar-refractivity contribution in [3.63, 3.8) is 0 Å². The molecule has 2 amide bonds. The average molecular weight is 502 g/mol. The topological polar surface area (TPSA) is 74.4 Å². The number of rotatable bonds is 8. The zero-order valence-electron chi connectivity index (χ0n) is 21.9. The minimum absolute atomic E-state index is 0.0104. The average Bonchev–Trinajstić information content (AvgIpc) is 3.35. The molecule has 1 heterocycles. The molecule has 2 aliphatic rings. The number of aromatic amines is 1. The monoisotopic (exact) mass is 501 g/mol. The van der Waals surface area contributed by atoms with Gasteiger partial charge in [-0.05, 0) is 55.0 Å². The maximum Gasteiger partial charge on any atom is 0.247 e. The first-order chi connectivity index (χ1) is 18.1. The van der Waals surface area contributed by atoms with E-state index in [1.165, 1.54) is 12.8 Å². The van der Waals surface area contributed by atoms with E-state index in [0.29, 0.717) is 0 Å². The molecule has 1 unspecified atom stereocenters.